The third-order valence-electron chi connectivity index (χ3n) is 5.47. The summed E-state index contributed by atoms with van der Waals surface area (Å²) in [6, 6.07) is 6.13. The van der Waals surface area contributed by atoms with E-state index in [9.17, 15) is 0 Å². The minimum Gasteiger partial charge on any atom is -0.497 e. The number of aliphatic imine (C=N–C) groups is 1. The predicted octanol–water partition coefficient (Wildman–Crippen LogP) is 3.92. The van der Waals surface area contributed by atoms with Gasteiger partial charge in [0.15, 0.2) is 5.96 Å². The van der Waals surface area contributed by atoms with Crippen molar-refractivity contribution in [1.82, 2.24) is 15.4 Å². The lowest BCUT2D eigenvalue weighted by Crippen LogP contribution is -2.40. The molecule has 1 atom stereocenters. The van der Waals surface area contributed by atoms with Gasteiger partial charge >= 0.3 is 0 Å². The number of nitrogens with zero attached hydrogens (tertiary/aromatic N) is 3. The Balaban J connectivity index is 0.00000320. The van der Waals surface area contributed by atoms with E-state index in [-0.39, 0.29) is 24.0 Å². The van der Waals surface area contributed by atoms with Crippen LogP contribution in [-0.2, 0) is 6.42 Å². The molecule has 1 fully saturated rings. The Labute approximate surface area is 196 Å². The topological polar surface area (TPSA) is 72.1 Å². The van der Waals surface area contributed by atoms with Crippen molar-refractivity contribution in [3.05, 3.63) is 40.8 Å². The Morgan fingerprint density at radius 2 is 1.93 bits per heavy atom. The number of likely N-dealkylation sites (tertiary alicyclic amines) is 1. The van der Waals surface area contributed by atoms with Crippen molar-refractivity contribution in [3.8, 4) is 11.5 Å². The summed E-state index contributed by atoms with van der Waals surface area (Å²) >= 11 is 0. The molecule has 166 valence electrons. The van der Waals surface area contributed by atoms with Gasteiger partial charge < -0.3 is 24.2 Å². The summed E-state index contributed by atoms with van der Waals surface area (Å²) < 4.78 is 16.1. The number of hydrogen-bond acceptors (Lipinski definition) is 5. The Hall–Kier alpha value is -1.97. The van der Waals surface area contributed by atoms with E-state index in [0.717, 1.165) is 67.0 Å². The van der Waals surface area contributed by atoms with E-state index >= 15 is 0 Å². The number of aromatic nitrogens is 1. The Morgan fingerprint density at radius 1 is 1.23 bits per heavy atom. The fourth-order valence-electron chi connectivity index (χ4n) is 3.85. The second-order valence-corrected chi connectivity index (χ2v) is 7.37. The molecule has 7 nitrogen and oxygen atoms in total. The quantitative estimate of drug-likeness (QED) is 0.334. The Kier molecular flexibility index (Phi) is 9.26. The van der Waals surface area contributed by atoms with Gasteiger partial charge in [-0.15, -0.1) is 24.0 Å². The second-order valence-electron chi connectivity index (χ2n) is 7.37. The van der Waals surface area contributed by atoms with Crippen LogP contribution < -0.4 is 14.8 Å². The number of nitrogens with one attached hydrogen (secondary N) is 1. The highest BCUT2D eigenvalue weighted by atomic mass is 127. The van der Waals surface area contributed by atoms with Crippen LogP contribution in [0.5, 0.6) is 11.5 Å². The predicted molar refractivity (Wildman–Crippen MR) is 130 cm³/mol. The molecule has 30 heavy (non-hydrogen) atoms. The zero-order valence-electron chi connectivity index (χ0n) is 18.5. The van der Waals surface area contributed by atoms with Gasteiger partial charge in [-0.2, -0.15) is 0 Å². The average Bonchev–Trinajstić information content (AvgIpc) is 3.35. The van der Waals surface area contributed by atoms with Gasteiger partial charge in [-0.3, -0.25) is 4.99 Å². The number of benzene rings is 1. The van der Waals surface area contributed by atoms with E-state index in [0.29, 0.717) is 12.5 Å². The molecule has 1 aromatic heterocycles. The highest BCUT2D eigenvalue weighted by molar-refractivity contribution is 14.0. The van der Waals surface area contributed by atoms with E-state index in [1.54, 1.807) is 14.2 Å². The van der Waals surface area contributed by atoms with Crippen molar-refractivity contribution in [2.24, 2.45) is 4.99 Å². The lowest BCUT2D eigenvalue weighted by molar-refractivity contribution is 0.392. The minimum absolute atomic E-state index is 0. The summed E-state index contributed by atoms with van der Waals surface area (Å²) in [4.78, 5) is 7.20. The van der Waals surface area contributed by atoms with Gasteiger partial charge in [0.2, 0.25) is 0 Å². The molecule has 1 saturated heterocycles. The molecule has 1 unspecified atom stereocenters. The number of methoxy groups -OCH3 is 2. The second kappa shape index (κ2) is 11.4. The van der Waals surface area contributed by atoms with Crippen LogP contribution in [0.1, 0.15) is 41.8 Å². The van der Waals surface area contributed by atoms with Crippen molar-refractivity contribution in [1.29, 1.82) is 0 Å². The first-order valence-electron chi connectivity index (χ1n) is 10.2. The molecule has 2 heterocycles. The average molecular weight is 528 g/mol. The SMILES string of the molecule is CCNC(=NCCc1c(C)noc1C)N1CCC(c2cc(OC)cc(OC)c2)C1.I. The summed E-state index contributed by atoms with van der Waals surface area (Å²) in [5.74, 6) is 3.94. The normalized spacial score (nSPS) is 16.4. The molecule has 0 saturated carbocycles. The highest BCUT2D eigenvalue weighted by Crippen LogP contribution is 2.32. The maximum absolute atomic E-state index is 5.44. The van der Waals surface area contributed by atoms with Crippen LogP contribution in [0.3, 0.4) is 0 Å². The van der Waals surface area contributed by atoms with E-state index in [2.05, 4.69) is 34.4 Å². The molecule has 3 rings (SSSR count). The van der Waals surface area contributed by atoms with Crippen molar-refractivity contribution < 1.29 is 14.0 Å². The van der Waals surface area contributed by atoms with Gasteiger partial charge in [0.05, 0.1) is 19.9 Å². The van der Waals surface area contributed by atoms with Crippen molar-refractivity contribution in [2.45, 2.75) is 39.5 Å². The molecule has 0 amide bonds. The third-order valence-corrected chi connectivity index (χ3v) is 5.47. The monoisotopic (exact) mass is 528 g/mol. The van der Waals surface area contributed by atoms with Gasteiger partial charge in [-0.1, -0.05) is 5.16 Å². The summed E-state index contributed by atoms with van der Waals surface area (Å²) in [7, 11) is 3.38. The van der Waals surface area contributed by atoms with Gasteiger partial charge in [0.1, 0.15) is 17.3 Å². The van der Waals surface area contributed by atoms with Gasteiger partial charge in [-0.05, 0) is 51.3 Å². The first kappa shape index (κ1) is 24.3. The Morgan fingerprint density at radius 3 is 2.50 bits per heavy atom. The first-order chi connectivity index (χ1) is 14.0. The summed E-state index contributed by atoms with van der Waals surface area (Å²) in [5.41, 5.74) is 3.36. The summed E-state index contributed by atoms with van der Waals surface area (Å²) in [6.45, 7) is 9.49. The highest BCUT2D eigenvalue weighted by Gasteiger charge is 2.27. The van der Waals surface area contributed by atoms with Crippen LogP contribution in [-0.4, -0.2) is 56.4 Å². The van der Waals surface area contributed by atoms with Crippen molar-refractivity contribution in [2.75, 3.05) is 40.4 Å². The largest absolute Gasteiger partial charge is 0.497 e. The molecule has 0 radical (unpaired) electrons. The maximum atomic E-state index is 5.44. The molecular weight excluding hydrogens is 495 g/mol. The maximum Gasteiger partial charge on any atom is 0.193 e. The van der Waals surface area contributed by atoms with E-state index in [1.807, 2.05) is 19.9 Å². The number of halogens is 1. The number of ether oxygens (including phenoxy) is 2. The van der Waals surface area contributed by atoms with Crippen molar-refractivity contribution in [3.63, 3.8) is 0 Å². The van der Waals surface area contributed by atoms with Crippen LogP contribution in [0.25, 0.3) is 0 Å². The minimum atomic E-state index is 0. The molecule has 0 spiro atoms. The smallest absolute Gasteiger partial charge is 0.193 e. The van der Waals surface area contributed by atoms with E-state index in [4.69, 9.17) is 19.0 Å². The van der Waals surface area contributed by atoms with Crippen LogP contribution >= 0.6 is 24.0 Å². The number of rotatable bonds is 7. The molecule has 2 aromatic rings. The third kappa shape index (κ3) is 5.80. The fourth-order valence-corrected chi connectivity index (χ4v) is 3.85. The molecule has 0 aliphatic carbocycles. The van der Waals surface area contributed by atoms with E-state index in [1.165, 1.54) is 5.56 Å². The fraction of sp³-hybridized carbons (Fsp3) is 0.545. The molecule has 1 aromatic carbocycles. The zero-order valence-corrected chi connectivity index (χ0v) is 20.9. The van der Waals surface area contributed by atoms with Gasteiger partial charge in [-0.25, -0.2) is 0 Å². The van der Waals surface area contributed by atoms with Crippen molar-refractivity contribution >= 4 is 29.9 Å². The van der Waals surface area contributed by atoms with E-state index < -0.39 is 0 Å². The van der Waals surface area contributed by atoms with Gasteiger partial charge in [0.25, 0.3) is 0 Å². The van der Waals surface area contributed by atoms with Crippen LogP contribution in [0.15, 0.2) is 27.7 Å². The van der Waals surface area contributed by atoms with Gasteiger partial charge in [0, 0.05) is 43.7 Å². The molecule has 1 N–H and O–H groups in total. The molecular formula is C22H33IN4O3. The molecule has 8 heteroatoms. The lowest BCUT2D eigenvalue weighted by atomic mass is 9.98. The van der Waals surface area contributed by atoms with Crippen LogP contribution in [0, 0.1) is 13.8 Å². The van der Waals surface area contributed by atoms with Crippen LogP contribution in [0.4, 0.5) is 0 Å². The number of hydrogen-bond donors (Lipinski definition) is 1. The van der Waals surface area contributed by atoms with Crippen LogP contribution in [0.2, 0.25) is 0 Å². The zero-order chi connectivity index (χ0) is 20.8. The number of guanidine groups is 1. The first-order valence-corrected chi connectivity index (χ1v) is 10.2. The molecule has 1 aliphatic rings. The number of aryl methyl sites for hydroxylation is 2. The summed E-state index contributed by atoms with van der Waals surface area (Å²) in [5, 5.41) is 7.47. The Bertz CT molecular complexity index is 811. The lowest BCUT2D eigenvalue weighted by Gasteiger charge is -2.22. The molecule has 0 bridgehead atoms. The standard InChI is InChI=1S/C22H32N4O3.HI/c1-6-23-22(24-9-7-21-15(2)25-29-16(21)3)26-10-8-17(14-26)18-11-19(27-4)13-20(12-18)28-5;/h11-13,17H,6-10,14H2,1-5H3,(H,23,24);1H. The summed E-state index contributed by atoms with van der Waals surface area (Å²) in [6.07, 6.45) is 1.91. The molecule has 1 aliphatic heterocycles.